The van der Waals surface area contributed by atoms with Gasteiger partial charge in [-0.1, -0.05) is 54.6 Å². The van der Waals surface area contributed by atoms with Crippen LogP contribution in [0.1, 0.15) is 20.7 Å². The molecule has 3 heterocycles. The SMILES string of the molecule is O=C(O)c1ccccc1C(=O)Cn1nc(-c2c(-c3ccccc3)nn3ccccc23)ccc1=O. The van der Waals surface area contributed by atoms with Crippen molar-refractivity contribution >= 4 is 17.3 Å². The second kappa shape index (κ2) is 8.59. The number of aromatic carboxylic acids is 1. The Morgan fingerprint density at radius 2 is 1.50 bits per heavy atom. The van der Waals surface area contributed by atoms with E-state index in [9.17, 15) is 19.5 Å². The number of hydrogen-bond acceptors (Lipinski definition) is 5. The van der Waals surface area contributed by atoms with Gasteiger partial charge in [-0.2, -0.15) is 10.2 Å². The Morgan fingerprint density at radius 1 is 0.794 bits per heavy atom. The van der Waals surface area contributed by atoms with Crippen LogP contribution in [0.15, 0.2) is 95.9 Å². The van der Waals surface area contributed by atoms with Crippen molar-refractivity contribution in [1.82, 2.24) is 19.4 Å². The number of rotatable bonds is 6. The molecule has 0 bridgehead atoms. The van der Waals surface area contributed by atoms with Gasteiger partial charge in [0.05, 0.1) is 22.3 Å². The summed E-state index contributed by atoms with van der Waals surface area (Å²) in [4.78, 5) is 37.0. The maximum absolute atomic E-state index is 12.9. The fourth-order valence-electron chi connectivity index (χ4n) is 3.88. The van der Waals surface area contributed by atoms with Gasteiger partial charge in [-0.05, 0) is 24.3 Å². The number of benzene rings is 2. The maximum Gasteiger partial charge on any atom is 0.336 e. The van der Waals surface area contributed by atoms with Crippen molar-refractivity contribution in [1.29, 1.82) is 0 Å². The first-order valence-corrected chi connectivity index (χ1v) is 10.5. The zero-order valence-electron chi connectivity index (χ0n) is 17.8. The first-order chi connectivity index (χ1) is 16.5. The molecule has 0 radical (unpaired) electrons. The number of pyridine rings is 1. The summed E-state index contributed by atoms with van der Waals surface area (Å²) in [5, 5.41) is 18.6. The third kappa shape index (κ3) is 3.77. The Kier molecular flexibility index (Phi) is 5.31. The van der Waals surface area contributed by atoms with E-state index in [1.807, 2.05) is 54.7 Å². The topological polar surface area (TPSA) is 107 Å². The highest BCUT2D eigenvalue weighted by Crippen LogP contribution is 2.33. The van der Waals surface area contributed by atoms with Crippen molar-refractivity contribution in [2.24, 2.45) is 0 Å². The summed E-state index contributed by atoms with van der Waals surface area (Å²) < 4.78 is 2.79. The number of fused-ring (bicyclic) bond motifs is 1. The normalized spacial score (nSPS) is 10.9. The van der Waals surface area contributed by atoms with Crippen LogP contribution in [0.4, 0.5) is 0 Å². The Hall–Kier alpha value is -4.85. The van der Waals surface area contributed by atoms with Gasteiger partial charge in [0.2, 0.25) is 0 Å². The van der Waals surface area contributed by atoms with E-state index in [2.05, 4.69) is 5.10 Å². The van der Waals surface area contributed by atoms with Gasteiger partial charge in [0.25, 0.3) is 5.56 Å². The molecule has 0 atom stereocenters. The van der Waals surface area contributed by atoms with Gasteiger partial charge < -0.3 is 5.11 Å². The summed E-state index contributed by atoms with van der Waals surface area (Å²) >= 11 is 0. The van der Waals surface area contributed by atoms with Crippen LogP contribution in [0.2, 0.25) is 0 Å². The minimum absolute atomic E-state index is 0.0232. The number of carboxylic acids is 1. The lowest BCUT2D eigenvalue weighted by Gasteiger charge is -2.09. The van der Waals surface area contributed by atoms with Crippen LogP contribution in [0.25, 0.3) is 28.0 Å². The van der Waals surface area contributed by atoms with Crippen LogP contribution >= 0.6 is 0 Å². The molecule has 1 N–H and O–H groups in total. The lowest BCUT2D eigenvalue weighted by Crippen LogP contribution is -2.27. The molecule has 166 valence electrons. The number of carbonyl (C=O) groups excluding carboxylic acids is 1. The molecule has 0 aliphatic carbocycles. The molecule has 0 amide bonds. The zero-order valence-corrected chi connectivity index (χ0v) is 17.8. The molecule has 0 spiro atoms. The first-order valence-electron chi connectivity index (χ1n) is 10.5. The van der Waals surface area contributed by atoms with Gasteiger partial charge in [-0.15, -0.1) is 0 Å². The first kappa shape index (κ1) is 21.0. The Bertz CT molecular complexity index is 1600. The molecule has 0 saturated carbocycles. The number of carboxylic acid groups (broad SMARTS) is 1. The number of ketones is 1. The van der Waals surface area contributed by atoms with Gasteiger partial charge in [0.1, 0.15) is 12.2 Å². The summed E-state index contributed by atoms with van der Waals surface area (Å²) in [6, 6.07) is 24.1. The molecule has 34 heavy (non-hydrogen) atoms. The van der Waals surface area contributed by atoms with Crippen LogP contribution < -0.4 is 5.56 Å². The monoisotopic (exact) mass is 450 g/mol. The molecule has 8 nitrogen and oxygen atoms in total. The number of Topliss-reactive ketones (excluding diaryl/α,β-unsaturated/α-hetero) is 1. The van der Waals surface area contributed by atoms with E-state index in [4.69, 9.17) is 5.10 Å². The highest BCUT2D eigenvalue weighted by atomic mass is 16.4. The molecule has 0 saturated heterocycles. The predicted molar refractivity (Wildman–Crippen MR) is 126 cm³/mol. The molecule has 3 aromatic heterocycles. The summed E-state index contributed by atoms with van der Waals surface area (Å²) in [7, 11) is 0. The Balaban J connectivity index is 1.62. The van der Waals surface area contributed by atoms with Gasteiger partial charge in [0, 0.05) is 23.4 Å². The van der Waals surface area contributed by atoms with E-state index in [0.29, 0.717) is 11.4 Å². The molecule has 0 fully saturated rings. The van der Waals surface area contributed by atoms with Gasteiger partial charge in [-0.25, -0.2) is 14.0 Å². The molecule has 5 aromatic rings. The van der Waals surface area contributed by atoms with Crippen molar-refractivity contribution in [3.8, 4) is 22.5 Å². The lowest BCUT2D eigenvalue weighted by molar-refractivity contribution is 0.0691. The second-order valence-corrected chi connectivity index (χ2v) is 7.61. The fourth-order valence-corrected chi connectivity index (χ4v) is 3.88. The zero-order chi connectivity index (χ0) is 23.7. The van der Waals surface area contributed by atoms with E-state index in [1.165, 1.54) is 18.2 Å². The summed E-state index contributed by atoms with van der Waals surface area (Å²) in [6.07, 6.45) is 1.83. The smallest absolute Gasteiger partial charge is 0.336 e. The number of nitrogens with zero attached hydrogens (tertiary/aromatic N) is 4. The van der Waals surface area contributed by atoms with E-state index in [1.54, 1.807) is 22.7 Å². The number of carbonyl (C=O) groups is 2. The molecule has 0 aliphatic heterocycles. The molecule has 0 unspecified atom stereocenters. The van der Waals surface area contributed by atoms with Crippen LogP contribution in [0.5, 0.6) is 0 Å². The minimum Gasteiger partial charge on any atom is -0.478 e. The molecular formula is C26H18N4O4. The van der Waals surface area contributed by atoms with E-state index in [-0.39, 0.29) is 11.1 Å². The quantitative estimate of drug-likeness (QED) is 0.394. The summed E-state index contributed by atoms with van der Waals surface area (Å²) in [6.45, 7) is -0.392. The standard InChI is InChI=1S/C26H18N4O4/c31-22(18-10-4-5-11-19(18)26(33)34)16-30-23(32)14-13-20(27-30)24-21-12-6-7-15-29(21)28-25(24)17-8-2-1-3-9-17/h1-15H,16H2,(H,33,34). The highest BCUT2D eigenvalue weighted by Gasteiger charge is 2.20. The van der Waals surface area contributed by atoms with Crippen molar-refractivity contribution in [3.05, 3.63) is 113 Å². The summed E-state index contributed by atoms with van der Waals surface area (Å²) in [5.41, 5.74) is 2.99. The minimum atomic E-state index is -1.21. The van der Waals surface area contributed by atoms with Crippen molar-refractivity contribution in [2.45, 2.75) is 6.54 Å². The van der Waals surface area contributed by atoms with Crippen LogP contribution in [-0.2, 0) is 6.54 Å². The average molecular weight is 450 g/mol. The number of hydrogen-bond donors (Lipinski definition) is 1. The van der Waals surface area contributed by atoms with Crippen LogP contribution in [-0.4, -0.2) is 36.3 Å². The van der Waals surface area contributed by atoms with Crippen molar-refractivity contribution in [3.63, 3.8) is 0 Å². The third-order valence-corrected chi connectivity index (χ3v) is 5.46. The molecule has 0 aliphatic rings. The molecule has 8 heteroatoms. The largest absolute Gasteiger partial charge is 0.478 e. The molecular weight excluding hydrogens is 432 g/mol. The van der Waals surface area contributed by atoms with Crippen LogP contribution in [0.3, 0.4) is 0 Å². The Labute approximate surface area is 193 Å². The van der Waals surface area contributed by atoms with E-state index < -0.39 is 23.9 Å². The highest BCUT2D eigenvalue weighted by molar-refractivity contribution is 6.05. The number of aromatic nitrogens is 4. The van der Waals surface area contributed by atoms with Gasteiger partial charge in [0.15, 0.2) is 5.78 Å². The van der Waals surface area contributed by atoms with Gasteiger partial charge >= 0.3 is 5.97 Å². The van der Waals surface area contributed by atoms with Crippen molar-refractivity contribution in [2.75, 3.05) is 0 Å². The van der Waals surface area contributed by atoms with Gasteiger partial charge in [-0.3, -0.25) is 9.59 Å². The molecule has 2 aromatic carbocycles. The van der Waals surface area contributed by atoms with Crippen LogP contribution in [0, 0.1) is 0 Å². The van der Waals surface area contributed by atoms with Crippen molar-refractivity contribution < 1.29 is 14.7 Å². The fraction of sp³-hybridized carbons (Fsp3) is 0.0385. The Morgan fingerprint density at radius 3 is 2.26 bits per heavy atom. The lowest BCUT2D eigenvalue weighted by atomic mass is 10.0. The summed E-state index contributed by atoms with van der Waals surface area (Å²) in [5.74, 6) is -1.73. The second-order valence-electron chi connectivity index (χ2n) is 7.61. The third-order valence-electron chi connectivity index (χ3n) is 5.46. The average Bonchev–Trinajstić information content (AvgIpc) is 3.25. The van der Waals surface area contributed by atoms with E-state index >= 15 is 0 Å². The molecule has 5 rings (SSSR count). The van der Waals surface area contributed by atoms with E-state index in [0.717, 1.165) is 21.3 Å². The predicted octanol–water partition coefficient (Wildman–Crippen LogP) is 3.81. The maximum atomic E-state index is 12.9.